The third-order valence-electron chi connectivity index (χ3n) is 3.34. The van der Waals surface area contributed by atoms with E-state index in [1.807, 2.05) is 39.8 Å². The summed E-state index contributed by atoms with van der Waals surface area (Å²) < 4.78 is 0. The highest BCUT2D eigenvalue weighted by Gasteiger charge is 2.21. The SMILES string of the molecule is CC(C)c1ccc(C(C)C)c(CC(N)C(=O)O)c1O. The standard InChI is InChI=1S/C15H23NO3/c1-8(2)10-5-6-11(9(3)4)14(17)12(10)7-13(16)15(18)19/h5-6,8-9,13,17H,7,16H2,1-4H3,(H,18,19). The van der Waals surface area contributed by atoms with E-state index in [1.54, 1.807) is 0 Å². The number of carboxylic acids is 1. The van der Waals surface area contributed by atoms with Crippen LogP contribution in [-0.4, -0.2) is 22.2 Å². The van der Waals surface area contributed by atoms with Crippen LogP contribution in [0.2, 0.25) is 0 Å². The monoisotopic (exact) mass is 265 g/mol. The Hall–Kier alpha value is -1.55. The first-order chi connectivity index (χ1) is 8.75. The summed E-state index contributed by atoms with van der Waals surface area (Å²) in [6, 6.07) is 2.88. The molecular weight excluding hydrogens is 242 g/mol. The summed E-state index contributed by atoms with van der Waals surface area (Å²) in [5.41, 5.74) is 8.05. The number of phenols is 1. The highest BCUT2D eigenvalue weighted by atomic mass is 16.4. The van der Waals surface area contributed by atoms with Gasteiger partial charge in [-0.05, 0) is 28.5 Å². The van der Waals surface area contributed by atoms with Crippen LogP contribution in [0.25, 0.3) is 0 Å². The molecule has 4 nitrogen and oxygen atoms in total. The maximum Gasteiger partial charge on any atom is 0.320 e. The lowest BCUT2D eigenvalue weighted by Crippen LogP contribution is -2.32. The molecule has 0 aliphatic carbocycles. The molecule has 0 amide bonds. The third kappa shape index (κ3) is 3.47. The van der Waals surface area contributed by atoms with E-state index in [0.717, 1.165) is 11.1 Å². The zero-order chi connectivity index (χ0) is 14.7. The van der Waals surface area contributed by atoms with Gasteiger partial charge in [0.05, 0.1) is 0 Å². The smallest absolute Gasteiger partial charge is 0.320 e. The van der Waals surface area contributed by atoms with Gasteiger partial charge in [0.25, 0.3) is 0 Å². The lowest BCUT2D eigenvalue weighted by molar-refractivity contribution is -0.138. The van der Waals surface area contributed by atoms with Crippen LogP contribution < -0.4 is 5.73 Å². The summed E-state index contributed by atoms with van der Waals surface area (Å²) in [7, 11) is 0. The Morgan fingerprint density at radius 1 is 1.16 bits per heavy atom. The van der Waals surface area contributed by atoms with E-state index in [0.29, 0.717) is 5.56 Å². The molecule has 0 radical (unpaired) electrons. The molecule has 0 bridgehead atoms. The molecule has 0 saturated heterocycles. The van der Waals surface area contributed by atoms with Gasteiger partial charge in [0, 0.05) is 6.42 Å². The van der Waals surface area contributed by atoms with Gasteiger partial charge in [-0.1, -0.05) is 39.8 Å². The van der Waals surface area contributed by atoms with Gasteiger partial charge < -0.3 is 15.9 Å². The molecule has 0 saturated carbocycles. The van der Waals surface area contributed by atoms with Crippen LogP contribution in [0.5, 0.6) is 5.75 Å². The van der Waals surface area contributed by atoms with Crippen molar-refractivity contribution in [3.8, 4) is 5.75 Å². The summed E-state index contributed by atoms with van der Waals surface area (Å²) in [6.07, 6.45) is 0.148. The number of phenolic OH excluding ortho intramolecular Hbond substituents is 1. The highest BCUT2D eigenvalue weighted by molar-refractivity contribution is 5.74. The van der Waals surface area contributed by atoms with Crippen molar-refractivity contribution >= 4 is 5.97 Å². The summed E-state index contributed by atoms with van der Waals surface area (Å²) in [5.74, 6) is -0.467. The minimum absolute atomic E-state index is 0.148. The molecule has 1 atom stereocenters. The van der Waals surface area contributed by atoms with Crippen molar-refractivity contribution in [2.75, 3.05) is 0 Å². The van der Waals surface area contributed by atoms with Crippen molar-refractivity contribution in [2.24, 2.45) is 5.73 Å². The fourth-order valence-corrected chi connectivity index (χ4v) is 2.20. The van der Waals surface area contributed by atoms with E-state index in [1.165, 1.54) is 0 Å². The average molecular weight is 265 g/mol. The molecule has 1 aromatic rings. The summed E-state index contributed by atoms with van der Waals surface area (Å²) in [6.45, 7) is 8.01. The van der Waals surface area contributed by atoms with Crippen molar-refractivity contribution < 1.29 is 15.0 Å². The normalized spacial score (nSPS) is 13.0. The minimum atomic E-state index is -1.05. The summed E-state index contributed by atoms with van der Waals surface area (Å²) in [5, 5.41) is 19.3. The molecule has 106 valence electrons. The number of carboxylic acid groups (broad SMARTS) is 1. The lowest BCUT2D eigenvalue weighted by Gasteiger charge is -2.20. The topological polar surface area (TPSA) is 83.6 Å². The van der Waals surface area contributed by atoms with Gasteiger partial charge in [0.15, 0.2) is 0 Å². The Kier molecular flexibility index (Phi) is 4.95. The zero-order valence-corrected chi connectivity index (χ0v) is 12.0. The molecule has 4 heteroatoms. The van der Waals surface area contributed by atoms with E-state index >= 15 is 0 Å². The zero-order valence-electron chi connectivity index (χ0n) is 12.0. The second kappa shape index (κ2) is 6.06. The minimum Gasteiger partial charge on any atom is -0.507 e. The summed E-state index contributed by atoms with van der Waals surface area (Å²) >= 11 is 0. The first kappa shape index (κ1) is 15.5. The predicted molar refractivity (Wildman–Crippen MR) is 75.6 cm³/mol. The Balaban J connectivity index is 3.30. The molecule has 0 aliphatic rings. The van der Waals surface area contributed by atoms with E-state index in [2.05, 4.69) is 0 Å². The number of nitrogens with two attached hydrogens (primary N) is 1. The lowest BCUT2D eigenvalue weighted by atomic mass is 9.88. The molecule has 19 heavy (non-hydrogen) atoms. The number of aliphatic carboxylic acids is 1. The Morgan fingerprint density at radius 2 is 1.63 bits per heavy atom. The molecule has 1 unspecified atom stereocenters. The number of rotatable bonds is 5. The second-order valence-corrected chi connectivity index (χ2v) is 5.53. The maximum atomic E-state index is 10.9. The van der Waals surface area contributed by atoms with E-state index in [4.69, 9.17) is 10.8 Å². The number of hydrogen-bond donors (Lipinski definition) is 3. The van der Waals surface area contributed by atoms with Gasteiger partial charge in [-0.2, -0.15) is 0 Å². The highest BCUT2D eigenvalue weighted by Crippen LogP contribution is 2.35. The van der Waals surface area contributed by atoms with Crippen LogP contribution in [0.4, 0.5) is 0 Å². The Morgan fingerprint density at radius 3 is 2.05 bits per heavy atom. The van der Waals surface area contributed by atoms with Gasteiger partial charge >= 0.3 is 5.97 Å². The number of aromatic hydroxyl groups is 1. The molecule has 0 aromatic heterocycles. The van der Waals surface area contributed by atoms with Crippen LogP contribution in [0.3, 0.4) is 0 Å². The predicted octanol–water partition coefficient (Wildman–Crippen LogP) is 2.59. The number of hydrogen-bond acceptors (Lipinski definition) is 3. The maximum absolute atomic E-state index is 10.9. The Bertz CT molecular complexity index is 467. The fraction of sp³-hybridized carbons (Fsp3) is 0.533. The number of carbonyl (C=O) groups is 1. The molecule has 1 aromatic carbocycles. The van der Waals surface area contributed by atoms with Crippen LogP contribution in [0, 0.1) is 0 Å². The van der Waals surface area contributed by atoms with Crippen molar-refractivity contribution in [3.05, 3.63) is 28.8 Å². The van der Waals surface area contributed by atoms with E-state index in [9.17, 15) is 9.90 Å². The van der Waals surface area contributed by atoms with Gasteiger partial charge in [-0.15, -0.1) is 0 Å². The van der Waals surface area contributed by atoms with Crippen molar-refractivity contribution in [1.29, 1.82) is 0 Å². The molecule has 0 spiro atoms. The fourth-order valence-electron chi connectivity index (χ4n) is 2.20. The molecule has 4 N–H and O–H groups in total. The first-order valence-corrected chi connectivity index (χ1v) is 6.58. The molecule has 1 rings (SSSR count). The van der Waals surface area contributed by atoms with Gasteiger partial charge in [0.1, 0.15) is 11.8 Å². The Labute approximate surface area is 114 Å². The largest absolute Gasteiger partial charge is 0.507 e. The van der Waals surface area contributed by atoms with E-state index < -0.39 is 12.0 Å². The first-order valence-electron chi connectivity index (χ1n) is 6.58. The second-order valence-electron chi connectivity index (χ2n) is 5.53. The van der Waals surface area contributed by atoms with Gasteiger partial charge in [-0.25, -0.2) is 0 Å². The van der Waals surface area contributed by atoms with Gasteiger partial charge in [-0.3, -0.25) is 4.79 Å². The van der Waals surface area contributed by atoms with Crippen LogP contribution >= 0.6 is 0 Å². The number of benzene rings is 1. The third-order valence-corrected chi connectivity index (χ3v) is 3.34. The van der Waals surface area contributed by atoms with Crippen molar-refractivity contribution in [2.45, 2.75) is 52.0 Å². The van der Waals surface area contributed by atoms with Crippen LogP contribution in [0.15, 0.2) is 12.1 Å². The quantitative estimate of drug-likeness (QED) is 0.764. The molecule has 0 heterocycles. The van der Waals surface area contributed by atoms with Crippen molar-refractivity contribution in [1.82, 2.24) is 0 Å². The van der Waals surface area contributed by atoms with Crippen LogP contribution in [0.1, 0.15) is 56.2 Å². The molecular formula is C15H23NO3. The van der Waals surface area contributed by atoms with Gasteiger partial charge in [0.2, 0.25) is 0 Å². The molecule has 0 aliphatic heterocycles. The van der Waals surface area contributed by atoms with Crippen molar-refractivity contribution in [3.63, 3.8) is 0 Å². The average Bonchev–Trinajstić information content (AvgIpc) is 2.30. The van der Waals surface area contributed by atoms with Crippen LogP contribution in [-0.2, 0) is 11.2 Å². The summed E-state index contributed by atoms with van der Waals surface area (Å²) in [4.78, 5) is 10.9. The molecule has 0 fully saturated rings. The van der Waals surface area contributed by atoms with E-state index in [-0.39, 0.29) is 24.0 Å².